The van der Waals surface area contributed by atoms with E-state index in [-0.39, 0.29) is 12.3 Å². The third-order valence-corrected chi connectivity index (χ3v) is 3.99. The molecule has 3 aromatic rings. The molecule has 0 saturated carbocycles. The van der Waals surface area contributed by atoms with Crippen molar-refractivity contribution >= 4 is 22.6 Å². The van der Waals surface area contributed by atoms with Crippen LogP contribution in [0.15, 0.2) is 28.9 Å². The maximum atomic E-state index is 12.3. The molecule has 0 unspecified atom stereocenters. The summed E-state index contributed by atoms with van der Waals surface area (Å²) in [6.45, 7) is 3.80. The van der Waals surface area contributed by atoms with Crippen LogP contribution in [0.25, 0.3) is 11.0 Å². The number of carbonyl (C=O) groups excluding carboxylic acids is 1. The van der Waals surface area contributed by atoms with E-state index in [1.807, 2.05) is 39.1 Å². The van der Waals surface area contributed by atoms with E-state index in [2.05, 4.69) is 10.4 Å². The van der Waals surface area contributed by atoms with Crippen molar-refractivity contribution in [3.8, 4) is 5.75 Å². The van der Waals surface area contributed by atoms with Gasteiger partial charge in [-0.25, -0.2) is 0 Å². The van der Waals surface area contributed by atoms with Crippen LogP contribution in [0.4, 0.5) is 5.69 Å². The number of carbonyl (C=O) groups is 1. The van der Waals surface area contributed by atoms with Crippen molar-refractivity contribution in [2.75, 3.05) is 12.4 Å². The summed E-state index contributed by atoms with van der Waals surface area (Å²) in [5.74, 6) is 0.632. The number of benzene rings is 1. The number of ether oxygens (including phenoxy) is 1. The maximum Gasteiger partial charge on any atom is 0.229 e. The maximum absolute atomic E-state index is 12.3. The predicted molar refractivity (Wildman–Crippen MR) is 87.8 cm³/mol. The molecule has 2 aromatic heterocycles. The predicted octanol–water partition coefficient (Wildman–Crippen LogP) is 2.97. The summed E-state index contributed by atoms with van der Waals surface area (Å²) >= 11 is 0. The Bertz CT molecular complexity index is 877. The first-order chi connectivity index (χ1) is 11.0. The second-order valence-corrected chi connectivity index (χ2v) is 5.52. The molecule has 0 atom stereocenters. The van der Waals surface area contributed by atoms with Crippen LogP contribution in [0, 0.1) is 13.8 Å². The lowest BCUT2D eigenvalue weighted by Crippen LogP contribution is -2.15. The van der Waals surface area contributed by atoms with Gasteiger partial charge in [0.1, 0.15) is 11.3 Å². The SMILES string of the molecule is COc1ccc2c(CC(=O)Nc3c(C)nn(C)c3C)coc2c1. The van der Waals surface area contributed by atoms with Crippen molar-refractivity contribution in [3.05, 3.63) is 41.4 Å². The Morgan fingerprint density at radius 2 is 2.17 bits per heavy atom. The molecule has 0 saturated heterocycles. The zero-order valence-corrected chi connectivity index (χ0v) is 13.6. The Hall–Kier alpha value is -2.76. The molecule has 0 bridgehead atoms. The molecule has 1 amide bonds. The molecule has 2 heterocycles. The van der Waals surface area contributed by atoms with Gasteiger partial charge < -0.3 is 14.5 Å². The minimum absolute atomic E-state index is 0.0947. The Morgan fingerprint density at radius 3 is 2.83 bits per heavy atom. The molecule has 23 heavy (non-hydrogen) atoms. The number of aromatic nitrogens is 2. The van der Waals surface area contributed by atoms with Crippen molar-refractivity contribution in [3.63, 3.8) is 0 Å². The number of methoxy groups -OCH3 is 1. The Kier molecular flexibility index (Phi) is 3.82. The average Bonchev–Trinajstić information content (AvgIpc) is 3.03. The fourth-order valence-corrected chi connectivity index (χ4v) is 2.64. The number of fused-ring (bicyclic) bond motifs is 1. The van der Waals surface area contributed by atoms with E-state index < -0.39 is 0 Å². The van der Waals surface area contributed by atoms with E-state index >= 15 is 0 Å². The van der Waals surface area contributed by atoms with E-state index in [4.69, 9.17) is 9.15 Å². The van der Waals surface area contributed by atoms with Crippen LogP contribution < -0.4 is 10.1 Å². The van der Waals surface area contributed by atoms with Gasteiger partial charge in [-0.2, -0.15) is 5.10 Å². The molecule has 120 valence electrons. The Balaban J connectivity index is 1.80. The fourth-order valence-electron chi connectivity index (χ4n) is 2.64. The number of nitrogens with zero attached hydrogens (tertiary/aromatic N) is 2. The lowest BCUT2D eigenvalue weighted by atomic mass is 10.1. The van der Waals surface area contributed by atoms with E-state index in [9.17, 15) is 4.79 Å². The minimum atomic E-state index is -0.0947. The highest BCUT2D eigenvalue weighted by molar-refractivity contribution is 5.96. The first kappa shape index (κ1) is 15.1. The summed E-state index contributed by atoms with van der Waals surface area (Å²) in [6.07, 6.45) is 1.86. The molecule has 0 radical (unpaired) electrons. The lowest BCUT2D eigenvalue weighted by Gasteiger charge is -2.05. The van der Waals surface area contributed by atoms with Crippen LogP contribution in [0.5, 0.6) is 5.75 Å². The zero-order chi connectivity index (χ0) is 16.6. The smallest absolute Gasteiger partial charge is 0.229 e. The van der Waals surface area contributed by atoms with Crippen molar-refractivity contribution in [1.29, 1.82) is 0 Å². The molecule has 1 aromatic carbocycles. The van der Waals surface area contributed by atoms with Gasteiger partial charge in [0.15, 0.2) is 0 Å². The summed E-state index contributed by atoms with van der Waals surface area (Å²) in [6, 6.07) is 5.57. The number of nitrogens with one attached hydrogen (secondary N) is 1. The first-order valence-corrected chi connectivity index (χ1v) is 7.33. The normalized spacial score (nSPS) is 11.0. The number of amides is 1. The van der Waals surface area contributed by atoms with Gasteiger partial charge in [0.2, 0.25) is 5.91 Å². The topological polar surface area (TPSA) is 69.3 Å². The summed E-state index contributed by atoms with van der Waals surface area (Å²) in [4.78, 5) is 12.3. The molecule has 6 heteroatoms. The number of furan rings is 1. The largest absolute Gasteiger partial charge is 0.497 e. The highest BCUT2D eigenvalue weighted by Crippen LogP contribution is 2.26. The third kappa shape index (κ3) is 2.79. The molecule has 0 spiro atoms. The number of aryl methyl sites for hydroxylation is 2. The third-order valence-electron chi connectivity index (χ3n) is 3.99. The van der Waals surface area contributed by atoms with Gasteiger partial charge in [-0.1, -0.05) is 0 Å². The minimum Gasteiger partial charge on any atom is -0.497 e. The van der Waals surface area contributed by atoms with Crippen LogP contribution in [-0.2, 0) is 18.3 Å². The van der Waals surface area contributed by atoms with Gasteiger partial charge in [0, 0.05) is 24.1 Å². The quantitative estimate of drug-likeness (QED) is 0.804. The molecule has 3 rings (SSSR count). The summed E-state index contributed by atoms with van der Waals surface area (Å²) in [5, 5.41) is 8.15. The molecule has 0 aliphatic rings. The molecule has 1 N–H and O–H groups in total. The number of rotatable bonds is 4. The van der Waals surface area contributed by atoms with Gasteiger partial charge in [-0.3, -0.25) is 9.48 Å². The Labute approximate surface area is 134 Å². The number of anilines is 1. The monoisotopic (exact) mass is 313 g/mol. The molecule has 0 aliphatic heterocycles. The van der Waals surface area contributed by atoms with Gasteiger partial charge in [-0.05, 0) is 26.0 Å². The second-order valence-electron chi connectivity index (χ2n) is 5.52. The van der Waals surface area contributed by atoms with Crippen molar-refractivity contribution < 1.29 is 13.9 Å². The van der Waals surface area contributed by atoms with E-state index in [0.717, 1.165) is 33.8 Å². The fraction of sp³-hybridized carbons (Fsp3) is 0.294. The second kappa shape index (κ2) is 5.79. The van der Waals surface area contributed by atoms with E-state index in [1.54, 1.807) is 18.1 Å². The number of hydrogen-bond donors (Lipinski definition) is 1. The lowest BCUT2D eigenvalue weighted by molar-refractivity contribution is -0.115. The molecule has 0 aliphatic carbocycles. The van der Waals surface area contributed by atoms with E-state index in [1.165, 1.54) is 0 Å². The Morgan fingerprint density at radius 1 is 1.39 bits per heavy atom. The van der Waals surface area contributed by atoms with Crippen LogP contribution >= 0.6 is 0 Å². The summed E-state index contributed by atoms with van der Waals surface area (Å²) < 4.78 is 12.4. The molecular weight excluding hydrogens is 294 g/mol. The van der Waals surface area contributed by atoms with Crippen LogP contribution in [0.2, 0.25) is 0 Å². The average molecular weight is 313 g/mol. The van der Waals surface area contributed by atoms with Crippen LogP contribution in [0.3, 0.4) is 0 Å². The zero-order valence-electron chi connectivity index (χ0n) is 13.6. The molecule has 6 nitrogen and oxygen atoms in total. The first-order valence-electron chi connectivity index (χ1n) is 7.33. The summed E-state index contributed by atoms with van der Waals surface area (Å²) in [5.41, 5.74) is 4.06. The highest BCUT2D eigenvalue weighted by atomic mass is 16.5. The van der Waals surface area contributed by atoms with Crippen LogP contribution in [-0.4, -0.2) is 22.8 Å². The number of hydrogen-bond acceptors (Lipinski definition) is 4. The van der Waals surface area contributed by atoms with Gasteiger partial charge in [0.25, 0.3) is 0 Å². The molecule has 0 fully saturated rings. The standard InChI is InChI=1S/C17H19N3O3/c1-10-17(11(2)20(3)19-10)18-16(21)7-12-9-23-15-8-13(22-4)5-6-14(12)15/h5-6,8-9H,7H2,1-4H3,(H,18,21). The van der Waals surface area contributed by atoms with E-state index in [0.29, 0.717) is 5.58 Å². The van der Waals surface area contributed by atoms with Crippen LogP contribution in [0.1, 0.15) is 17.0 Å². The van der Waals surface area contributed by atoms with Gasteiger partial charge in [0.05, 0.1) is 36.9 Å². The van der Waals surface area contributed by atoms with Crippen molar-refractivity contribution in [1.82, 2.24) is 9.78 Å². The highest BCUT2D eigenvalue weighted by Gasteiger charge is 2.15. The molecular formula is C17H19N3O3. The van der Waals surface area contributed by atoms with Crippen molar-refractivity contribution in [2.24, 2.45) is 7.05 Å². The van der Waals surface area contributed by atoms with Crippen molar-refractivity contribution in [2.45, 2.75) is 20.3 Å². The summed E-state index contributed by atoms with van der Waals surface area (Å²) in [7, 11) is 3.46. The van der Waals surface area contributed by atoms with Gasteiger partial charge in [-0.15, -0.1) is 0 Å². The van der Waals surface area contributed by atoms with Gasteiger partial charge >= 0.3 is 0 Å².